The number of halogens is 1. The summed E-state index contributed by atoms with van der Waals surface area (Å²) in [5, 5.41) is 0. The van der Waals surface area contributed by atoms with Crippen LogP contribution in [0.3, 0.4) is 0 Å². The van der Waals surface area contributed by atoms with Gasteiger partial charge in [-0.3, -0.25) is 4.72 Å². The first kappa shape index (κ1) is 15.1. The molecule has 0 atom stereocenters. The molecule has 102 valence electrons. The number of nitrogens with one attached hydrogen (secondary N) is 1. The summed E-state index contributed by atoms with van der Waals surface area (Å²) >= 11 is 5.54. The van der Waals surface area contributed by atoms with E-state index in [2.05, 4.69) is 4.72 Å². The molecule has 0 saturated carbocycles. The molecule has 0 bridgehead atoms. The molecule has 1 rings (SSSR count). The van der Waals surface area contributed by atoms with E-state index in [4.69, 9.17) is 11.6 Å². The van der Waals surface area contributed by atoms with E-state index in [0.29, 0.717) is 24.4 Å². The van der Waals surface area contributed by atoms with Crippen molar-refractivity contribution in [2.75, 3.05) is 35.4 Å². The van der Waals surface area contributed by atoms with Crippen LogP contribution in [-0.4, -0.2) is 34.1 Å². The number of hydrogen-bond acceptors (Lipinski definition) is 3. The molecule has 18 heavy (non-hydrogen) atoms. The van der Waals surface area contributed by atoms with Crippen LogP contribution in [0.15, 0.2) is 24.3 Å². The maximum atomic E-state index is 11.9. The van der Waals surface area contributed by atoms with E-state index in [9.17, 15) is 8.42 Å². The number of hydrogen-bond donors (Lipinski definition) is 1. The highest BCUT2D eigenvalue weighted by Crippen LogP contribution is 2.24. The number of unbranched alkanes of at least 4 members (excludes halogenated alkanes) is 1. The highest BCUT2D eigenvalue weighted by molar-refractivity contribution is 7.92. The Morgan fingerprint density at radius 2 is 1.89 bits per heavy atom. The lowest BCUT2D eigenvalue weighted by atomic mass is 10.2. The quantitative estimate of drug-likeness (QED) is 0.620. The van der Waals surface area contributed by atoms with Gasteiger partial charge in [0.1, 0.15) is 0 Å². The molecule has 1 aromatic rings. The predicted octanol–water partition coefficient (Wildman–Crippen LogP) is 2.51. The van der Waals surface area contributed by atoms with Gasteiger partial charge in [-0.25, -0.2) is 8.42 Å². The number of benzene rings is 1. The number of nitrogens with zero attached hydrogens (tertiary/aromatic N) is 1. The third kappa shape index (κ3) is 4.74. The molecule has 0 heterocycles. The fourth-order valence-corrected chi connectivity index (χ4v) is 2.94. The normalized spacial score (nSPS) is 11.3. The SMILES string of the molecule is CN(C)c1ccccc1NS(=O)(=O)CCCCCl. The Morgan fingerprint density at radius 1 is 1.22 bits per heavy atom. The van der Waals surface area contributed by atoms with Crippen LogP contribution in [0.5, 0.6) is 0 Å². The molecular formula is C12H19ClN2O2S. The molecule has 0 aliphatic heterocycles. The Balaban J connectivity index is 2.78. The van der Waals surface area contributed by atoms with Crippen molar-refractivity contribution in [1.82, 2.24) is 0 Å². The minimum Gasteiger partial charge on any atom is -0.376 e. The molecule has 0 saturated heterocycles. The van der Waals surface area contributed by atoms with Crippen LogP contribution in [0.25, 0.3) is 0 Å². The van der Waals surface area contributed by atoms with Gasteiger partial charge in [-0.15, -0.1) is 11.6 Å². The molecule has 1 aromatic carbocycles. The summed E-state index contributed by atoms with van der Waals surface area (Å²) in [6.45, 7) is 0. The Hall–Kier alpha value is -0.940. The van der Waals surface area contributed by atoms with Crippen molar-refractivity contribution in [2.45, 2.75) is 12.8 Å². The maximum Gasteiger partial charge on any atom is 0.232 e. The molecule has 0 radical (unpaired) electrons. The predicted molar refractivity (Wildman–Crippen MR) is 78.1 cm³/mol. The summed E-state index contributed by atoms with van der Waals surface area (Å²) in [5.74, 6) is 0.589. The van der Waals surface area contributed by atoms with Crippen molar-refractivity contribution in [2.24, 2.45) is 0 Å². The van der Waals surface area contributed by atoms with E-state index in [1.165, 1.54) is 0 Å². The topological polar surface area (TPSA) is 49.4 Å². The number of anilines is 2. The molecule has 0 fully saturated rings. The zero-order valence-electron chi connectivity index (χ0n) is 10.7. The molecule has 1 N–H and O–H groups in total. The summed E-state index contributed by atoms with van der Waals surface area (Å²) in [6.07, 6.45) is 1.28. The van der Waals surface area contributed by atoms with E-state index < -0.39 is 10.0 Å². The van der Waals surface area contributed by atoms with E-state index in [0.717, 1.165) is 5.69 Å². The highest BCUT2D eigenvalue weighted by Gasteiger charge is 2.12. The van der Waals surface area contributed by atoms with E-state index in [1.54, 1.807) is 6.07 Å². The van der Waals surface area contributed by atoms with E-state index in [-0.39, 0.29) is 5.75 Å². The number of rotatable bonds is 7. The lowest BCUT2D eigenvalue weighted by Crippen LogP contribution is -2.19. The first-order chi connectivity index (χ1) is 8.46. The molecule has 0 unspecified atom stereocenters. The van der Waals surface area contributed by atoms with Crippen LogP contribution in [0.1, 0.15) is 12.8 Å². The van der Waals surface area contributed by atoms with Gasteiger partial charge >= 0.3 is 0 Å². The summed E-state index contributed by atoms with van der Waals surface area (Å²) in [4.78, 5) is 1.87. The first-order valence-corrected chi connectivity index (χ1v) is 7.98. The molecule has 0 amide bonds. The Kier molecular flexibility index (Phi) is 5.75. The van der Waals surface area contributed by atoms with Crippen LogP contribution in [0.4, 0.5) is 11.4 Å². The van der Waals surface area contributed by atoms with Crippen molar-refractivity contribution in [3.8, 4) is 0 Å². The lowest BCUT2D eigenvalue weighted by molar-refractivity contribution is 0.598. The minimum atomic E-state index is -3.30. The molecule has 0 aromatic heterocycles. The molecule has 4 nitrogen and oxygen atoms in total. The summed E-state index contributed by atoms with van der Waals surface area (Å²) in [5.41, 5.74) is 1.45. The average Bonchev–Trinajstić information content (AvgIpc) is 2.29. The van der Waals surface area contributed by atoms with Crippen LogP contribution in [0, 0.1) is 0 Å². The monoisotopic (exact) mass is 290 g/mol. The number of alkyl halides is 1. The number of sulfonamides is 1. The second-order valence-electron chi connectivity index (χ2n) is 4.23. The Labute approximate surface area is 114 Å². The van der Waals surface area contributed by atoms with Gasteiger partial charge in [0.2, 0.25) is 10.0 Å². The van der Waals surface area contributed by atoms with E-state index >= 15 is 0 Å². The highest BCUT2D eigenvalue weighted by atomic mass is 35.5. The molecule has 0 aliphatic rings. The van der Waals surface area contributed by atoms with Gasteiger partial charge in [0, 0.05) is 20.0 Å². The van der Waals surface area contributed by atoms with Gasteiger partial charge in [0.25, 0.3) is 0 Å². The third-order valence-corrected chi connectivity index (χ3v) is 4.07. The second kappa shape index (κ2) is 6.85. The first-order valence-electron chi connectivity index (χ1n) is 5.79. The summed E-state index contributed by atoms with van der Waals surface area (Å²) in [7, 11) is 0.453. The van der Waals surface area contributed by atoms with Gasteiger partial charge in [0.05, 0.1) is 17.1 Å². The summed E-state index contributed by atoms with van der Waals surface area (Å²) < 4.78 is 26.4. The van der Waals surface area contributed by atoms with E-state index in [1.807, 2.05) is 37.2 Å². The van der Waals surface area contributed by atoms with Crippen molar-refractivity contribution < 1.29 is 8.42 Å². The fourth-order valence-electron chi connectivity index (χ4n) is 1.56. The average molecular weight is 291 g/mol. The maximum absolute atomic E-state index is 11.9. The smallest absolute Gasteiger partial charge is 0.232 e. The second-order valence-corrected chi connectivity index (χ2v) is 6.45. The third-order valence-electron chi connectivity index (χ3n) is 2.45. The zero-order chi connectivity index (χ0) is 13.6. The standard InChI is InChI=1S/C12H19ClN2O2S/c1-15(2)12-8-4-3-7-11(12)14-18(16,17)10-6-5-9-13/h3-4,7-8,14H,5-6,9-10H2,1-2H3. The largest absolute Gasteiger partial charge is 0.376 e. The van der Waals surface area contributed by atoms with Gasteiger partial charge in [-0.2, -0.15) is 0 Å². The molecular weight excluding hydrogens is 272 g/mol. The minimum absolute atomic E-state index is 0.0987. The van der Waals surface area contributed by atoms with Crippen LogP contribution in [-0.2, 0) is 10.0 Å². The van der Waals surface area contributed by atoms with Crippen LogP contribution < -0.4 is 9.62 Å². The Morgan fingerprint density at radius 3 is 2.50 bits per heavy atom. The molecule has 0 spiro atoms. The van der Waals surface area contributed by atoms with Crippen LogP contribution in [0.2, 0.25) is 0 Å². The zero-order valence-corrected chi connectivity index (χ0v) is 12.3. The molecule has 0 aliphatic carbocycles. The van der Waals surface area contributed by atoms with Crippen molar-refractivity contribution in [3.05, 3.63) is 24.3 Å². The summed E-state index contributed by atoms with van der Waals surface area (Å²) in [6, 6.07) is 7.31. The van der Waals surface area contributed by atoms with Gasteiger partial charge < -0.3 is 4.90 Å². The van der Waals surface area contributed by atoms with Gasteiger partial charge in [-0.1, -0.05) is 12.1 Å². The fraction of sp³-hybridized carbons (Fsp3) is 0.500. The number of para-hydroxylation sites is 2. The molecule has 6 heteroatoms. The van der Waals surface area contributed by atoms with Crippen molar-refractivity contribution in [3.63, 3.8) is 0 Å². The van der Waals surface area contributed by atoms with Crippen molar-refractivity contribution >= 4 is 33.0 Å². The van der Waals surface area contributed by atoms with Gasteiger partial charge in [0.15, 0.2) is 0 Å². The Bertz CT molecular complexity index is 475. The van der Waals surface area contributed by atoms with Gasteiger partial charge in [-0.05, 0) is 25.0 Å². The van der Waals surface area contributed by atoms with Crippen molar-refractivity contribution in [1.29, 1.82) is 0 Å². The lowest BCUT2D eigenvalue weighted by Gasteiger charge is -2.18. The van der Waals surface area contributed by atoms with Crippen LogP contribution >= 0.6 is 11.6 Å².